The number of rotatable bonds is 5. The zero-order chi connectivity index (χ0) is 11.7. The van der Waals surface area contributed by atoms with Crippen molar-refractivity contribution in [2.75, 3.05) is 6.61 Å². The molecule has 3 rings (SSSR count). The third kappa shape index (κ3) is 2.17. The average molecular weight is 229 g/mol. The zero-order valence-corrected chi connectivity index (χ0v) is 10.4. The van der Waals surface area contributed by atoms with Crippen LogP contribution >= 0.6 is 0 Å². The van der Waals surface area contributed by atoms with E-state index in [9.17, 15) is 0 Å². The number of hydrogen-bond acceptors (Lipinski definition) is 1. The van der Waals surface area contributed by atoms with Crippen molar-refractivity contribution >= 4 is 10.9 Å². The maximum absolute atomic E-state index is 5.79. The van der Waals surface area contributed by atoms with Crippen LogP contribution in [0.15, 0.2) is 30.5 Å². The van der Waals surface area contributed by atoms with Crippen molar-refractivity contribution in [1.29, 1.82) is 0 Å². The molecule has 0 unspecified atom stereocenters. The zero-order valence-electron chi connectivity index (χ0n) is 10.4. The summed E-state index contributed by atoms with van der Waals surface area (Å²) in [5, 5.41) is 1.25. The molecular weight excluding hydrogens is 210 g/mol. The maximum Gasteiger partial charge on any atom is 0.128 e. The van der Waals surface area contributed by atoms with Crippen molar-refractivity contribution in [2.45, 2.75) is 32.7 Å². The van der Waals surface area contributed by atoms with Crippen molar-refractivity contribution in [3.63, 3.8) is 0 Å². The summed E-state index contributed by atoms with van der Waals surface area (Å²) in [5.74, 6) is 1.93. The molecule has 1 aromatic carbocycles. The van der Waals surface area contributed by atoms with Crippen LogP contribution in [0.1, 0.15) is 26.2 Å². The van der Waals surface area contributed by atoms with Gasteiger partial charge in [-0.15, -0.1) is 0 Å². The molecule has 0 N–H and O–H groups in total. The lowest BCUT2D eigenvalue weighted by Gasteiger charge is -2.07. The summed E-state index contributed by atoms with van der Waals surface area (Å²) >= 11 is 0. The Kier molecular flexibility index (Phi) is 2.79. The lowest BCUT2D eigenvalue weighted by Crippen LogP contribution is -1.98. The summed E-state index contributed by atoms with van der Waals surface area (Å²) in [6.45, 7) is 4.10. The van der Waals surface area contributed by atoms with E-state index >= 15 is 0 Å². The van der Waals surface area contributed by atoms with Gasteiger partial charge in [0.25, 0.3) is 0 Å². The van der Waals surface area contributed by atoms with Crippen molar-refractivity contribution in [2.24, 2.45) is 5.92 Å². The molecule has 1 fully saturated rings. The molecule has 0 bridgehead atoms. The van der Waals surface area contributed by atoms with Gasteiger partial charge in [-0.2, -0.15) is 0 Å². The summed E-state index contributed by atoms with van der Waals surface area (Å²) in [6.07, 6.45) is 6.04. The number of benzene rings is 1. The molecule has 2 aromatic rings. The number of hydrogen-bond donors (Lipinski definition) is 0. The van der Waals surface area contributed by atoms with Gasteiger partial charge in [0, 0.05) is 18.1 Å². The van der Waals surface area contributed by atoms with Gasteiger partial charge in [-0.1, -0.05) is 13.0 Å². The van der Waals surface area contributed by atoms with Crippen LogP contribution in [-0.2, 0) is 6.54 Å². The van der Waals surface area contributed by atoms with Gasteiger partial charge in [-0.3, -0.25) is 0 Å². The lowest BCUT2D eigenvalue weighted by molar-refractivity contribution is 0.321. The molecular formula is C15H19NO. The van der Waals surface area contributed by atoms with E-state index in [1.54, 1.807) is 0 Å². The number of aromatic nitrogens is 1. The fourth-order valence-corrected chi connectivity index (χ4v) is 2.27. The normalized spacial score (nSPS) is 15.4. The first-order valence-corrected chi connectivity index (χ1v) is 6.59. The lowest BCUT2D eigenvalue weighted by atomic mass is 10.2. The van der Waals surface area contributed by atoms with E-state index in [0.717, 1.165) is 24.7 Å². The van der Waals surface area contributed by atoms with Crippen LogP contribution in [0.3, 0.4) is 0 Å². The third-order valence-corrected chi connectivity index (χ3v) is 3.39. The highest BCUT2D eigenvalue weighted by molar-refractivity contribution is 5.86. The van der Waals surface area contributed by atoms with E-state index in [4.69, 9.17) is 4.74 Å². The van der Waals surface area contributed by atoms with Crippen molar-refractivity contribution < 1.29 is 4.74 Å². The highest BCUT2D eigenvalue weighted by Gasteiger charge is 2.22. The van der Waals surface area contributed by atoms with E-state index in [1.165, 1.54) is 30.3 Å². The minimum absolute atomic E-state index is 0.799. The number of fused-ring (bicyclic) bond motifs is 1. The molecule has 1 aliphatic rings. The molecule has 0 radical (unpaired) electrons. The van der Waals surface area contributed by atoms with Gasteiger partial charge in [0.05, 0.1) is 12.1 Å². The Labute approximate surface area is 102 Å². The highest BCUT2D eigenvalue weighted by Crippen LogP contribution is 2.33. The second-order valence-electron chi connectivity index (χ2n) is 4.95. The van der Waals surface area contributed by atoms with E-state index < -0.39 is 0 Å². The molecule has 17 heavy (non-hydrogen) atoms. The van der Waals surface area contributed by atoms with E-state index in [0.29, 0.717) is 0 Å². The van der Waals surface area contributed by atoms with Crippen LogP contribution in [0.25, 0.3) is 10.9 Å². The van der Waals surface area contributed by atoms with E-state index in [2.05, 4.69) is 42.0 Å². The topological polar surface area (TPSA) is 14.2 Å². The second kappa shape index (κ2) is 4.44. The molecule has 0 aliphatic heterocycles. The molecule has 1 heterocycles. The molecule has 1 aromatic heterocycles. The molecule has 0 spiro atoms. The number of ether oxygens (including phenoxy) is 1. The maximum atomic E-state index is 5.79. The van der Waals surface area contributed by atoms with Crippen LogP contribution in [0.4, 0.5) is 0 Å². The fraction of sp³-hybridized carbons (Fsp3) is 0.467. The summed E-state index contributed by atoms with van der Waals surface area (Å²) in [5.41, 5.74) is 1.31. The standard InChI is InChI=1S/C15H19NO/c1-2-10-17-15-5-3-4-14-13(15)8-9-16(14)11-12-6-7-12/h3-5,8-9,12H,2,6-7,10-11H2,1H3. The largest absolute Gasteiger partial charge is 0.493 e. The van der Waals surface area contributed by atoms with Gasteiger partial charge in [0.15, 0.2) is 0 Å². The SMILES string of the molecule is CCCOc1cccc2c1ccn2CC1CC1. The molecule has 0 atom stereocenters. The quantitative estimate of drug-likeness (QED) is 0.759. The molecule has 2 nitrogen and oxygen atoms in total. The van der Waals surface area contributed by atoms with E-state index in [-0.39, 0.29) is 0 Å². The Morgan fingerprint density at radius 2 is 2.18 bits per heavy atom. The van der Waals surface area contributed by atoms with Crippen molar-refractivity contribution in [1.82, 2.24) is 4.57 Å². The Morgan fingerprint density at radius 1 is 1.29 bits per heavy atom. The van der Waals surface area contributed by atoms with Gasteiger partial charge in [0.2, 0.25) is 0 Å². The Balaban J connectivity index is 1.92. The Hall–Kier alpha value is -1.44. The smallest absolute Gasteiger partial charge is 0.128 e. The summed E-state index contributed by atoms with van der Waals surface area (Å²) < 4.78 is 8.16. The summed E-state index contributed by atoms with van der Waals surface area (Å²) in [4.78, 5) is 0. The van der Waals surface area contributed by atoms with Crippen LogP contribution in [0.5, 0.6) is 5.75 Å². The summed E-state index contributed by atoms with van der Waals surface area (Å²) in [7, 11) is 0. The molecule has 0 saturated heterocycles. The number of nitrogens with zero attached hydrogens (tertiary/aromatic N) is 1. The van der Waals surface area contributed by atoms with Crippen LogP contribution < -0.4 is 4.74 Å². The van der Waals surface area contributed by atoms with Crippen LogP contribution in [0, 0.1) is 5.92 Å². The first kappa shape index (κ1) is 10.7. The van der Waals surface area contributed by atoms with Gasteiger partial charge in [-0.05, 0) is 43.4 Å². The van der Waals surface area contributed by atoms with Crippen molar-refractivity contribution in [3.8, 4) is 5.75 Å². The first-order chi connectivity index (χ1) is 8.38. The summed E-state index contributed by atoms with van der Waals surface area (Å²) in [6, 6.07) is 8.54. The predicted molar refractivity (Wildman–Crippen MR) is 70.4 cm³/mol. The monoisotopic (exact) mass is 229 g/mol. The van der Waals surface area contributed by atoms with Crippen LogP contribution in [-0.4, -0.2) is 11.2 Å². The minimum atomic E-state index is 0.799. The molecule has 2 heteroatoms. The first-order valence-electron chi connectivity index (χ1n) is 6.59. The predicted octanol–water partition coefficient (Wildman–Crippen LogP) is 3.84. The average Bonchev–Trinajstić information content (AvgIpc) is 3.07. The second-order valence-corrected chi connectivity index (χ2v) is 4.95. The van der Waals surface area contributed by atoms with E-state index in [1.807, 2.05) is 0 Å². The van der Waals surface area contributed by atoms with Gasteiger partial charge in [0.1, 0.15) is 5.75 Å². The Morgan fingerprint density at radius 3 is 2.94 bits per heavy atom. The molecule has 1 aliphatic carbocycles. The fourth-order valence-electron chi connectivity index (χ4n) is 2.27. The van der Waals surface area contributed by atoms with Gasteiger partial charge >= 0.3 is 0 Å². The Bertz CT molecular complexity index is 511. The van der Waals surface area contributed by atoms with Crippen molar-refractivity contribution in [3.05, 3.63) is 30.5 Å². The minimum Gasteiger partial charge on any atom is -0.493 e. The molecule has 0 amide bonds. The molecule has 1 saturated carbocycles. The van der Waals surface area contributed by atoms with Crippen LogP contribution in [0.2, 0.25) is 0 Å². The van der Waals surface area contributed by atoms with Gasteiger partial charge < -0.3 is 9.30 Å². The highest BCUT2D eigenvalue weighted by atomic mass is 16.5. The third-order valence-electron chi connectivity index (χ3n) is 3.39. The molecule has 90 valence electrons. The van der Waals surface area contributed by atoms with Gasteiger partial charge in [-0.25, -0.2) is 0 Å².